The number of carbonyl (C=O) groups excluding carboxylic acids is 2. The van der Waals surface area contributed by atoms with Crippen LogP contribution in [0.5, 0.6) is 0 Å². The molecule has 1 aromatic carbocycles. The number of ether oxygens (including phenoxy) is 1. The van der Waals surface area contributed by atoms with Gasteiger partial charge in [0.2, 0.25) is 5.91 Å². The van der Waals surface area contributed by atoms with Crippen LogP contribution in [0.15, 0.2) is 18.2 Å². The Bertz CT molecular complexity index is 739. The lowest BCUT2D eigenvalue weighted by Gasteiger charge is -2.36. The average Bonchev–Trinajstić information content (AvgIpc) is 3.29. The molecule has 3 saturated heterocycles. The fourth-order valence-corrected chi connectivity index (χ4v) is 4.62. The van der Waals surface area contributed by atoms with E-state index in [1.807, 2.05) is 28.0 Å². The van der Waals surface area contributed by atoms with Gasteiger partial charge in [-0.2, -0.15) is 0 Å². The lowest BCUT2D eigenvalue weighted by molar-refractivity contribution is -0.129. The van der Waals surface area contributed by atoms with Crippen LogP contribution in [-0.2, 0) is 16.1 Å². The molecule has 3 heterocycles. The Labute approximate surface area is 170 Å². The zero-order valence-corrected chi connectivity index (χ0v) is 17.0. The maximum absolute atomic E-state index is 12.5. The van der Waals surface area contributed by atoms with Crippen molar-refractivity contribution in [3.8, 4) is 0 Å². The van der Waals surface area contributed by atoms with E-state index in [0.717, 1.165) is 50.5 Å². The van der Waals surface area contributed by atoms with Gasteiger partial charge in [-0.05, 0) is 24.0 Å². The van der Waals surface area contributed by atoms with Crippen LogP contribution < -0.4 is 10.2 Å². The van der Waals surface area contributed by atoms with Crippen molar-refractivity contribution in [3.63, 3.8) is 0 Å². The molecular weight excluding hydrogens is 380 g/mol. The van der Waals surface area contributed by atoms with Crippen molar-refractivity contribution in [2.24, 2.45) is 11.8 Å². The maximum atomic E-state index is 12.5. The van der Waals surface area contributed by atoms with Gasteiger partial charge in [0.15, 0.2) is 0 Å². The number of rotatable bonds is 3. The Hall–Kier alpha value is -1.99. The first-order chi connectivity index (χ1) is 13.5. The van der Waals surface area contributed by atoms with Crippen molar-refractivity contribution in [3.05, 3.63) is 28.8 Å². The molecule has 2 amide bonds. The van der Waals surface area contributed by atoms with Gasteiger partial charge < -0.3 is 24.8 Å². The Morgan fingerprint density at radius 3 is 2.43 bits per heavy atom. The highest BCUT2D eigenvalue weighted by molar-refractivity contribution is 6.30. The number of anilines is 1. The van der Waals surface area contributed by atoms with Crippen LogP contribution >= 0.6 is 11.6 Å². The molecule has 3 aliphatic rings. The molecule has 0 aromatic heterocycles. The summed E-state index contributed by atoms with van der Waals surface area (Å²) in [5, 5.41) is 4.03. The molecule has 1 N–H and O–H groups in total. The summed E-state index contributed by atoms with van der Waals surface area (Å²) in [6.07, 6.45) is -0.239. The average molecular weight is 407 g/mol. The molecule has 28 heavy (non-hydrogen) atoms. The summed E-state index contributed by atoms with van der Waals surface area (Å²) in [5.74, 6) is 1.21. The normalized spacial score (nSPS) is 24.4. The number of likely N-dealkylation sites (tertiary alicyclic amines) is 1. The van der Waals surface area contributed by atoms with Crippen LogP contribution in [0.25, 0.3) is 0 Å². The monoisotopic (exact) mass is 406 g/mol. The predicted molar refractivity (Wildman–Crippen MR) is 108 cm³/mol. The summed E-state index contributed by atoms with van der Waals surface area (Å²) < 4.78 is 5.64. The van der Waals surface area contributed by atoms with Gasteiger partial charge in [0.25, 0.3) is 0 Å². The SMILES string of the molecule is CC(=O)N1CCN(c2cc(Cl)ccc2COC(=O)N2CC3CNCC3C2)CC1. The predicted octanol–water partition coefficient (Wildman–Crippen LogP) is 1.80. The van der Waals surface area contributed by atoms with Gasteiger partial charge in [0, 0.05) is 75.6 Å². The number of fused-ring (bicyclic) bond motifs is 1. The standard InChI is InChI=1S/C20H27ClN4O3/c1-14(26)23-4-6-24(7-5-23)19-8-18(21)3-2-15(19)13-28-20(27)25-11-16-9-22-10-17(16)12-25/h2-3,8,16-17,22H,4-7,9-13H2,1H3. The zero-order valence-electron chi connectivity index (χ0n) is 16.2. The van der Waals surface area contributed by atoms with Crippen molar-refractivity contribution in [2.75, 3.05) is 57.3 Å². The Kier molecular flexibility index (Phi) is 5.64. The first-order valence-electron chi connectivity index (χ1n) is 9.92. The molecule has 0 spiro atoms. The van der Waals surface area contributed by atoms with Gasteiger partial charge in [-0.3, -0.25) is 4.79 Å². The van der Waals surface area contributed by atoms with E-state index >= 15 is 0 Å². The molecule has 152 valence electrons. The third-order valence-electron chi connectivity index (χ3n) is 6.11. The van der Waals surface area contributed by atoms with E-state index in [1.54, 1.807) is 6.92 Å². The molecule has 7 nitrogen and oxygen atoms in total. The molecule has 4 rings (SSSR count). The van der Waals surface area contributed by atoms with Crippen LogP contribution in [0.1, 0.15) is 12.5 Å². The Balaban J connectivity index is 1.38. The van der Waals surface area contributed by atoms with Gasteiger partial charge >= 0.3 is 6.09 Å². The lowest BCUT2D eigenvalue weighted by Crippen LogP contribution is -2.48. The molecule has 3 fully saturated rings. The molecule has 3 aliphatic heterocycles. The van der Waals surface area contributed by atoms with Gasteiger partial charge in [-0.1, -0.05) is 17.7 Å². The molecule has 2 atom stereocenters. The lowest BCUT2D eigenvalue weighted by atomic mass is 10.0. The summed E-state index contributed by atoms with van der Waals surface area (Å²) in [6, 6.07) is 5.66. The second-order valence-electron chi connectivity index (χ2n) is 7.90. The molecule has 0 bridgehead atoms. The van der Waals surface area contributed by atoms with Crippen LogP contribution in [-0.4, -0.2) is 74.2 Å². The third-order valence-corrected chi connectivity index (χ3v) is 6.35. The van der Waals surface area contributed by atoms with Crippen LogP contribution in [0, 0.1) is 11.8 Å². The molecule has 1 aromatic rings. The minimum Gasteiger partial charge on any atom is -0.444 e. The zero-order chi connectivity index (χ0) is 19.7. The van der Waals surface area contributed by atoms with E-state index in [-0.39, 0.29) is 18.6 Å². The summed E-state index contributed by atoms with van der Waals surface area (Å²) in [5.41, 5.74) is 1.92. The first-order valence-corrected chi connectivity index (χ1v) is 10.3. The van der Waals surface area contributed by atoms with E-state index in [2.05, 4.69) is 10.2 Å². The molecule has 0 radical (unpaired) electrons. The molecular formula is C20H27ClN4O3. The van der Waals surface area contributed by atoms with Gasteiger partial charge in [0.1, 0.15) is 6.61 Å². The van der Waals surface area contributed by atoms with E-state index < -0.39 is 0 Å². The van der Waals surface area contributed by atoms with Crippen LogP contribution in [0.3, 0.4) is 0 Å². The van der Waals surface area contributed by atoms with Crippen molar-refractivity contribution in [1.29, 1.82) is 0 Å². The highest BCUT2D eigenvalue weighted by atomic mass is 35.5. The van der Waals surface area contributed by atoms with Gasteiger partial charge in [-0.15, -0.1) is 0 Å². The minimum atomic E-state index is -0.239. The summed E-state index contributed by atoms with van der Waals surface area (Å²) in [7, 11) is 0. The largest absolute Gasteiger partial charge is 0.444 e. The van der Waals surface area contributed by atoms with E-state index in [1.165, 1.54) is 0 Å². The number of nitrogens with zero attached hydrogens (tertiary/aromatic N) is 3. The van der Waals surface area contributed by atoms with Crippen LogP contribution in [0.2, 0.25) is 5.02 Å². The van der Waals surface area contributed by atoms with Gasteiger partial charge in [-0.25, -0.2) is 4.79 Å². The number of halogens is 1. The third kappa shape index (κ3) is 4.05. The minimum absolute atomic E-state index is 0.102. The number of hydrogen-bond acceptors (Lipinski definition) is 5. The second-order valence-corrected chi connectivity index (χ2v) is 8.34. The summed E-state index contributed by atoms with van der Waals surface area (Å²) in [4.78, 5) is 30.0. The molecule has 2 unspecified atom stereocenters. The number of nitrogens with one attached hydrogen (secondary N) is 1. The summed E-state index contributed by atoms with van der Waals surface area (Å²) >= 11 is 6.22. The number of carbonyl (C=O) groups is 2. The maximum Gasteiger partial charge on any atom is 0.410 e. The van der Waals surface area contributed by atoms with Crippen molar-refractivity contribution >= 4 is 29.3 Å². The van der Waals surface area contributed by atoms with E-state index in [0.29, 0.717) is 29.9 Å². The fraction of sp³-hybridized carbons (Fsp3) is 0.600. The highest BCUT2D eigenvalue weighted by Crippen LogP contribution is 2.29. The Morgan fingerprint density at radius 1 is 1.11 bits per heavy atom. The molecule has 0 aliphatic carbocycles. The second kappa shape index (κ2) is 8.17. The number of benzene rings is 1. The fourth-order valence-electron chi connectivity index (χ4n) is 4.45. The van der Waals surface area contributed by atoms with E-state index in [4.69, 9.17) is 16.3 Å². The molecule has 8 heteroatoms. The number of hydrogen-bond donors (Lipinski definition) is 1. The smallest absolute Gasteiger partial charge is 0.410 e. The van der Waals surface area contributed by atoms with Crippen LogP contribution in [0.4, 0.5) is 10.5 Å². The van der Waals surface area contributed by atoms with Crippen molar-refractivity contribution in [1.82, 2.24) is 15.1 Å². The quantitative estimate of drug-likeness (QED) is 0.829. The van der Waals surface area contributed by atoms with Crippen molar-refractivity contribution < 1.29 is 14.3 Å². The Morgan fingerprint density at radius 2 is 1.79 bits per heavy atom. The number of amides is 2. The summed E-state index contributed by atoms with van der Waals surface area (Å²) in [6.45, 7) is 8.20. The van der Waals surface area contributed by atoms with E-state index in [9.17, 15) is 9.59 Å². The molecule has 0 saturated carbocycles. The highest BCUT2D eigenvalue weighted by Gasteiger charge is 2.38. The first kappa shape index (κ1) is 19.3. The van der Waals surface area contributed by atoms with Gasteiger partial charge in [0.05, 0.1) is 0 Å². The number of piperazine rings is 1. The topological polar surface area (TPSA) is 65.1 Å². The van der Waals surface area contributed by atoms with Crippen molar-refractivity contribution in [2.45, 2.75) is 13.5 Å².